The quantitative estimate of drug-likeness (QED) is 0.623. The molecular weight excluding hydrogens is 313 g/mol. The Kier molecular flexibility index (Phi) is 3.70. The number of aliphatic imine (C=N–C) groups is 1. The second-order valence-corrected chi connectivity index (χ2v) is 9.30. The zero-order valence-corrected chi connectivity index (χ0v) is 14.4. The van der Waals surface area contributed by atoms with Gasteiger partial charge in [-0.25, -0.2) is 4.99 Å². The van der Waals surface area contributed by atoms with Crippen molar-refractivity contribution in [2.75, 3.05) is 0 Å². The van der Waals surface area contributed by atoms with E-state index in [9.17, 15) is 4.79 Å². The van der Waals surface area contributed by atoms with E-state index < -0.39 is 6.89 Å². The lowest BCUT2D eigenvalue weighted by Crippen LogP contribution is -2.27. The van der Waals surface area contributed by atoms with Crippen LogP contribution in [0.4, 0.5) is 0 Å². The highest BCUT2D eigenvalue weighted by Crippen LogP contribution is 2.59. The van der Waals surface area contributed by atoms with Gasteiger partial charge in [0.25, 0.3) is 0 Å². The fraction of sp³-hybridized carbons (Fsp3) is 0.0952. The zero-order chi connectivity index (χ0) is 16.6. The lowest BCUT2D eigenvalue weighted by molar-refractivity contribution is -0.102. The largest absolute Gasteiger partial charge is 0.296 e. The number of benzene rings is 2. The predicted octanol–water partition coefficient (Wildman–Crippen LogP) is 3.67. The minimum absolute atomic E-state index is 0.669. The molecule has 0 atom stereocenters. The number of hydrogen-bond acceptors (Lipinski definition) is 2. The molecule has 2 aliphatic rings. The molecule has 0 bridgehead atoms. The van der Waals surface area contributed by atoms with Gasteiger partial charge in [0.1, 0.15) is 5.42 Å². The summed E-state index contributed by atoms with van der Waals surface area (Å²) in [5.74, 6) is 0. The first kappa shape index (κ1) is 15.1. The highest BCUT2D eigenvalue weighted by Gasteiger charge is 2.36. The number of carbonyl (C=O) groups is 1. The highest BCUT2D eigenvalue weighted by atomic mass is 31.2. The van der Waals surface area contributed by atoms with Crippen LogP contribution >= 0.6 is 6.89 Å². The summed E-state index contributed by atoms with van der Waals surface area (Å²) in [6, 6.07) is 20.8. The van der Waals surface area contributed by atoms with Gasteiger partial charge in [-0.1, -0.05) is 72.8 Å². The first-order chi connectivity index (χ1) is 11.8. The Labute approximate surface area is 142 Å². The number of carbonyl (C=O) groups excluding carboxylic acids is 1. The van der Waals surface area contributed by atoms with Crippen LogP contribution in [-0.4, -0.2) is 17.4 Å². The van der Waals surface area contributed by atoms with Crippen molar-refractivity contribution in [3.8, 4) is 0 Å². The fourth-order valence-electron chi connectivity index (χ4n) is 3.68. The zero-order valence-electron chi connectivity index (χ0n) is 13.5. The van der Waals surface area contributed by atoms with Gasteiger partial charge in [0.05, 0.1) is 0 Å². The molecule has 118 valence electrons. The topological polar surface area (TPSA) is 29.4 Å². The standard InChI is InChI=1S/C21H18NOP/c1-16-19-13-8-14-20(19)24(21(15-23)22-16,17-9-4-2-5-10-17)18-11-6-3-7-12-18/h2-12,14-15H,13H2,1H3. The summed E-state index contributed by atoms with van der Waals surface area (Å²) in [6.45, 7) is -0.183. The van der Waals surface area contributed by atoms with Gasteiger partial charge < -0.3 is 0 Å². The molecule has 1 aliphatic heterocycles. The monoisotopic (exact) mass is 331 g/mol. The van der Waals surface area contributed by atoms with E-state index in [-0.39, 0.29) is 0 Å². The molecule has 0 amide bonds. The smallest absolute Gasteiger partial charge is 0.169 e. The first-order valence-corrected chi connectivity index (χ1v) is 9.86. The molecule has 0 aromatic heterocycles. The van der Waals surface area contributed by atoms with E-state index in [1.807, 2.05) is 43.3 Å². The van der Waals surface area contributed by atoms with E-state index in [1.54, 1.807) is 0 Å². The summed E-state index contributed by atoms with van der Waals surface area (Å²) in [7, 11) is 0. The van der Waals surface area contributed by atoms with Crippen molar-refractivity contribution in [1.82, 2.24) is 0 Å². The van der Waals surface area contributed by atoms with Crippen molar-refractivity contribution in [2.24, 2.45) is 4.99 Å². The minimum Gasteiger partial charge on any atom is -0.296 e. The van der Waals surface area contributed by atoms with Gasteiger partial charge in [0, 0.05) is 12.6 Å². The van der Waals surface area contributed by atoms with E-state index >= 15 is 0 Å². The number of aldehydes is 1. The van der Waals surface area contributed by atoms with Gasteiger partial charge in [-0.3, -0.25) is 4.79 Å². The van der Waals surface area contributed by atoms with Crippen LogP contribution in [0.2, 0.25) is 0 Å². The minimum atomic E-state index is -2.19. The molecule has 3 heteroatoms. The van der Waals surface area contributed by atoms with Crippen molar-refractivity contribution in [3.05, 3.63) is 83.7 Å². The van der Waals surface area contributed by atoms with Gasteiger partial charge >= 0.3 is 0 Å². The molecule has 0 saturated heterocycles. The number of nitrogens with zero attached hydrogens (tertiary/aromatic N) is 1. The van der Waals surface area contributed by atoms with Crippen LogP contribution in [-0.2, 0) is 4.79 Å². The maximum absolute atomic E-state index is 12.1. The van der Waals surface area contributed by atoms with Crippen LogP contribution in [0.5, 0.6) is 0 Å². The molecule has 0 N–H and O–H groups in total. The maximum Gasteiger partial charge on any atom is 0.169 e. The molecule has 0 radical (unpaired) electrons. The lowest BCUT2D eigenvalue weighted by atomic mass is 10.1. The average molecular weight is 331 g/mol. The van der Waals surface area contributed by atoms with Gasteiger partial charge in [-0.05, 0) is 34.8 Å². The third-order valence-corrected chi connectivity index (χ3v) is 8.90. The predicted molar refractivity (Wildman–Crippen MR) is 104 cm³/mol. The summed E-state index contributed by atoms with van der Waals surface area (Å²) in [5.41, 5.74) is 2.92. The molecule has 1 aliphatic carbocycles. The Morgan fingerprint density at radius 2 is 1.54 bits per heavy atom. The van der Waals surface area contributed by atoms with E-state index in [2.05, 4.69) is 36.4 Å². The summed E-state index contributed by atoms with van der Waals surface area (Å²) in [5, 5.41) is 3.66. The van der Waals surface area contributed by atoms with Gasteiger partial charge in [-0.15, -0.1) is 0 Å². The van der Waals surface area contributed by atoms with Crippen molar-refractivity contribution in [1.29, 1.82) is 0 Å². The molecule has 2 nitrogen and oxygen atoms in total. The Bertz CT molecular complexity index is 906. The average Bonchev–Trinajstić information content (AvgIpc) is 3.14. The second kappa shape index (κ2) is 5.89. The first-order valence-electron chi connectivity index (χ1n) is 8.07. The highest BCUT2D eigenvalue weighted by molar-refractivity contribution is 7.94. The number of hydrogen-bond donors (Lipinski definition) is 0. The molecule has 0 spiro atoms. The number of allylic oxidation sites excluding steroid dienone is 4. The van der Waals surface area contributed by atoms with E-state index in [4.69, 9.17) is 4.99 Å². The van der Waals surface area contributed by atoms with Gasteiger partial charge in [-0.2, -0.15) is 0 Å². The fourth-order valence-corrected chi connectivity index (χ4v) is 7.99. The lowest BCUT2D eigenvalue weighted by Gasteiger charge is -2.33. The third kappa shape index (κ3) is 2.03. The van der Waals surface area contributed by atoms with Crippen LogP contribution < -0.4 is 10.6 Å². The molecule has 24 heavy (non-hydrogen) atoms. The molecule has 1 heterocycles. The number of rotatable bonds is 3. The van der Waals surface area contributed by atoms with Crippen molar-refractivity contribution in [3.63, 3.8) is 0 Å². The van der Waals surface area contributed by atoms with Crippen molar-refractivity contribution in [2.45, 2.75) is 13.3 Å². The van der Waals surface area contributed by atoms with Crippen molar-refractivity contribution < 1.29 is 4.79 Å². The maximum atomic E-state index is 12.1. The summed E-state index contributed by atoms with van der Waals surface area (Å²) in [6.07, 6.45) is 6.27. The van der Waals surface area contributed by atoms with E-state index in [1.165, 1.54) is 21.5 Å². The van der Waals surface area contributed by atoms with E-state index in [0.717, 1.165) is 18.4 Å². The Morgan fingerprint density at radius 1 is 0.958 bits per heavy atom. The van der Waals surface area contributed by atoms with Crippen molar-refractivity contribution >= 4 is 34.9 Å². The normalized spacial score (nSPS) is 18.4. The molecule has 4 rings (SSSR count). The van der Waals surface area contributed by atoms with Crippen LogP contribution in [0.3, 0.4) is 0 Å². The molecule has 0 saturated carbocycles. The van der Waals surface area contributed by atoms with Crippen LogP contribution in [0.25, 0.3) is 0 Å². The summed E-state index contributed by atoms with van der Waals surface area (Å²) in [4.78, 5) is 16.9. The van der Waals surface area contributed by atoms with Crippen LogP contribution in [0.15, 0.2) is 88.7 Å². The summed E-state index contributed by atoms with van der Waals surface area (Å²) < 4.78 is 0. The molecule has 0 unspecified atom stereocenters. The van der Waals surface area contributed by atoms with Gasteiger partial charge in [0.2, 0.25) is 0 Å². The Morgan fingerprint density at radius 3 is 2.08 bits per heavy atom. The molecular formula is C21H18NOP. The molecule has 2 aromatic rings. The third-order valence-electron chi connectivity index (χ3n) is 4.72. The van der Waals surface area contributed by atoms with E-state index in [0.29, 0.717) is 5.42 Å². The second-order valence-electron chi connectivity index (χ2n) is 5.99. The van der Waals surface area contributed by atoms with Gasteiger partial charge in [0.15, 0.2) is 6.29 Å². The molecule has 2 aromatic carbocycles. The van der Waals surface area contributed by atoms with Crippen LogP contribution in [0, 0.1) is 0 Å². The van der Waals surface area contributed by atoms with Crippen LogP contribution in [0.1, 0.15) is 13.3 Å². The Balaban J connectivity index is 2.22. The Hall–Kier alpha value is -2.44. The molecule has 0 fully saturated rings. The summed E-state index contributed by atoms with van der Waals surface area (Å²) >= 11 is 0. The SMILES string of the molecule is CC1=NC(C=O)=P(c2ccccc2)(c2ccccc2)C2=C1CC=C2.